The number of likely N-dealkylation sites (N-methyl/N-ethyl adjacent to an activating group) is 1. The number of fused-ring (bicyclic) bond motifs is 1. The van der Waals surface area contributed by atoms with E-state index in [0.717, 1.165) is 54.6 Å². The van der Waals surface area contributed by atoms with Crippen LogP contribution in [0, 0.1) is 0 Å². The molecule has 4 nitrogen and oxygen atoms in total. The van der Waals surface area contributed by atoms with Crippen molar-refractivity contribution in [2.45, 2.75) is 18.8 Å². The fourth-order valence-electron chi connectivity index (χ4n) is 3.72. The summed E-state index contributed by atoms with van der Waals surface area (Å²) < 4.78 is 0. The van der Waals surface area contributed by atoms with Gasteiger partial charge in [0, 0.05) is 32.6 Å². The minimum atomic E-state index is 0.448. The van der Waals surface area contributed by atoms with Crippen LogP contribution in [-0.2, 0) is 4.84 Å². The van der Waals surface area contributed by atoms with Gasteiger partial charge in [0.05, 0.1) is 28.7 Å². The molecule has 0 aromatic heterocycles. The SMILES string of the molecule is CN1CCNc2cc(N3CCC[C@H](c4ccccc4)CO3)cc(Cl)c21. The number of benzene rings is 2. The highest BCUT2D eigenvalue weighted by Gasteiger charge is 2.23. The monoisotopic (exact) mass is 357 g/mol. The molecule has 0 aliphatic carbocycles. The molecule has 0 spiro atoms. The zero-order valence-corrected chi connectivity index (χ0v) is 15.3. The second-order valence-corrected chi connectivity index (χ2v) is 7.23. The van der Waals surface area contributed by atoms with Crippen molar-refractivity contribution in [3.8, 4) is 0 Å². The van der Waals surface area contributed by atoms with E-state index in [4.69, 9.17) is 16.4 Å². The van der Waals surface area contributed by atoms with Crippen LogP contribution in [0.4, 0.5) is 17.1 Å². The Labute approximate surface area is 154 Å². The molecular weight excluding hydrogens is 334 g/mol. The maximum absolute atomic E-state index is 6.56. The van der Waals surface area contributed by atoms with Gasteiger partial charge in [0.25, 0.3) is 0 Å². The minimum Gasteiger partial charge on any atom is -0.381 e. The minimum absolute atomic E-state index is 0.448. The van der Waals surface area contributed by atoms with Crippen LogP contribution in [0.15, 0.2) is 42.5 Å². The lowest BCUT2D eigenvalue weighted by molar-refractivity contribution is 0.109. The molecule has 1 fully saturated rings. The Hall–Kier alpha value is -1.91. The lowest BCUT2D eigenvalue weighted by Gasteiger charge is -2.31. The highest BCUT2D eigenvalue weighted by molar-refractivity contribution is 6.34. The molecule has 2 aliphatic heterocycles. The number of nitrogens with zero attached hydrogens (tertiary/aromatic N) is 2. The predicted molar refractivity (Wildman–Crippen MR) is 105 cm³/mol. The van der Waals surface area contributed by atoms with Gasteiger partial charge in [-0.3, -0.25) is 9.90 Å². The van der Waals surface area contributed by atoms with E-state index in [0.29, 0.717) is 12.5 Å². The number of anilines is 3. The highest BCUT2D eigenvalue weighted by Crippen LogP contribution is 2.40. The normalized spacial score (nSPS) is 20.6. The van der Waals surface area contributed by atoms with E-state index in [-0.39, 0.29) is 0 Å². The third kappa shape index (κ3) is 3.42. The van der Waals surface area contributed by atoms with Gasteiger partial charge < -0.3 is 10.2 Å². The molecule has 0 saturated carbocycles. The molecule has 0 bridgehead atoms. The molecule has 2 aliphatic rings. The van der Waals surface area contributed by atoms with Crippen molar-refractivity contribution in [2.75, 3.05) is 48.6 Å². The van der Waals surface area contributed by atoms with Gasteiger partial charge in [-0.25, -0.2) is 0 Å². The Balaban J connectivity index is 1.54. The molecular formula is C20H24ClN3O. The van der Waals surface area contributed by atoms with Crippen molar-refractivity contribution in [1.82, 2.24) is 0 Å². The number of rotatable bonds is 2. The average Bonchev–Trinajstić information content (AvgIpc) is 2.88. The summed E-state index contributed by atoms with van der Waals surface area (Å²) in [6, 6.07) is 14.8. The standard InChI is InChI=1S/C20H24ClN3O/c1-23-11-9-22-19-13-17(12-18(21)20(19)23)24-10-5-8-16(14-25-24)15-6-3-2-4-7-15/h2-4,6-7,12-13,16,22H,5,8-11,14H2,1H3/t16-/m0/s1. The number of hydrogen-bond acceptors (Lipinski definition) is 4. The zero-order chi connectivity index (χ0) is 17.2. The Kier molecular flexibility index (Phi) is 4.73. The van der Waals surface area contributed by atoms with Crippen molar-refractivity contribution >= 4 is 28.7 Å². The van der Waals surface area contributed by atoms with E-state index in [1.807, 2.05) is 11.1 Å². The van der Waals surface area contributed by atoms with Crippen molar-refractivity contribution in [3.63, 3.8) is 0 Å². The van der Waals surface area contributed by atoms with Gasteiger partial charge >= 0.3 is 0 Å². The summed E-state index contributed by atoms with van der Waals surface area (Å²) >= 11 is 6.56. The molecule has 5 heteroatoms. The summed E-state index contributed by atoms with van der Waals surface area (Å²) in [4.78, 5) is 8.36. The van der Waals surface area contributed by atoms with Crippen LogP contribution < -0.4 is 15.3 Å². The molecule has 0 amide bonds. The van der Waals surface area contributed by atoms with Crippen LogP contribution in [0.3, 0.4) is 0 Å². The van der Waals surface area contributed by atoms with Gasteiger partial charge in [-0.15, -0.1) is 0 Å². The Morgan fingerprint density at radius 2 is 2.00 bits per heavy atom. The number of hydroxylamine groups is 1. The van der Waals surface area contributed by atoms with Crippen molar-refractivity contribution < 1.29 is 4.84 Å². The molecule has 2 aromatic carbocycles. The lowest BCUT2D eigenvalue weighted by atomic mass is 9.95. The van der Waals surface area contributed by atoms with Crippen LogP contribution in [-0.4, -0.2) is 33.3 Å². The quantitative estimate of drug-likeness (QED) is 0.855. The van der Waals surface area contributed by atoms with Crippen LogP contribution >= 0.6 is 11.6 Å². The third-order valence-corrected chi connectivity index (χ3v) is 5.38. The topological polar surface area (TPSA) is 27.7 Å². The van der Waals surface area contributed by atoms with Crippen molar-refractivity contribution in [1.29, 1.82) is 0 Å². The molecule has 1 saturated heterocycles. The number of nitrogens with one attached hydrogen (secondary N) is 1. The van der Waals surface area contributed by atoms with Crippen LogP contribution in [0.5, 0.6) is 0 Å². The Morgan fingerprint density at radius 3 is 2.84 bits per heavy atom. The van der Waals surface area contributed by atoms with Crippen LogP contribution in [0.2, 0.25) is 5.02 Å². The van der Waals surface area contributed by atoms with Crippen molar-refractivity contribution in [2.24, 2.45) is 0 Å². The number of hydrogen-bond donors (Lipinski definition) is 1. The van der Waals surface area contributed by atoms with Gasteiger partial charge in [-0.1, -0.05) is 41.9 Å². The van der Waals surface area contributed by atoms with Crippen LogP contribution in [0.1, 0.15) is 24.3 Å². The summed E-state index contributed by atoms with van der Waals surface area (Å²) in [5.74, 6) is 0.448. The van der Waals surface area contributed by atoms with Gasteiger partial charge in [0.15, 0.2) is 0 Å². The molecule has 1 atom stereocenters. The van der Waals surface area contributed by atoms with E-state index in [9.17, 15) is 0 Å². The smallest absolute Gasteiger partial charge is 0.0817 e. The molecule has 4 rings (SSSR count). The highest BCUT2D eigenvalue weighted by atomic mass is 35.5. The summed E-state index contributed by atoms with van der Waals surface area (Å²) in [5, 5.41) is 6.23. The van der Waals surface area contributed by atoms with E-state index < -0.39 is 0 Å². The molecule has 2 aromatic rings. The summed E-state index contributed by atoms with van der Waals surface area (Å²) in [6.45, 7) is 3.48. The molecule has 0 unspecified atom stereocenters. The average molecular weight is 358 g/mol. The molecule has 2 heterocycles. The summed E-state index contributed by atoms with van der Waals surface area (Å²) in [5.41, 5.74) is 4.55. The summed E-state index contributed by atoms with van der Waals surface area (Å²) in [7, 11) is 2.08. The molecule has 25 heavy (non-hydrogen) atoms. The first kappa shape index (κ1) is 16.6. The zero-order valence-electron chi connectivity index (χ0n) is 14.5. The van der Waals surface area contributed by atoms with Gasteiger partial charge in [0.2, 0.25) is 0 Å². The third-order valence-electron chi connectivity index (χ3n) is 5.10. The largest absolute Gasteiger partial charge is 0.381 e. The van der Waals surface area contributed by atoms with E-state index in [2.05, 4.69) is 53.7 Å². The maximum Gasteiger partial charge on any atom is 0.0817 e. The Bertz CT molecular complexity index is 737. The van der Waals surface area contributed by atoms with Crippen LogP contribution in [0.25, 0.3) is 0 Å². The van der Waals surface area contributed by atoms with E-state index >= 15 is 0 Å². The Morgan fingerprint density at radius 1 is 1.16 bits per heavy atom. The van der Waals surface area contributed by atoms with E-state index in [1.165, 1.54) is 5.56 Å². The second-order valence-electron chi connectivity index (χ2n) is 6.82. The first-order valence-electron chi connectivity index (χ1n) is 8.96. The van der Waals surface area contributed by atoms with Gasteiger partial charge in [-0.05, 0) is 30.5 Å². The molecule has 0 radical (unpaired) electrons. The maximum atomic E-state index is 6.56. The fourth-order valence-corrected chi connectivity index (χ4v) is 4.08. The molecule has 1 N–H and O–H groups in total. The summed E-state index contributed by atoms with van der Waals surface area (Å²) in [6.07, 6.45) is 2.24. The number of halogens is 1. The van der Waals surface area contributed by atoms with Crippen molar-refractivity contribution in [3.05, 3.63) is 53.1 Å². The van der Waals surface area contributed by atoms with Gasteiger partial charge in [0.1, 0.15) is 0 Å². The predicted octanol–water partition coefficient (Wildman–Crippen LogP) is 4.52. The first-order valence-corrected chi connectivity index (χ1v) is 9.34. The fraction of sp³-hybridized carbons (Fsp3) is 0.400. The van der Waals surface area contributed by atoms with E-state index in [1.54, 1.807) is 0 Å². The first-order chi connectivity index (χ1) is 12.2. The molecule has 132 valence electrons. The second kappa shape index (κ2) is 7.14. The van der Waals surface area contributed by atoms with Gasteiger partial charge in [-0.2, -0.15) is 0 Å². The lowest BCUT2D eigenvalue weighted by Crippen LogP contribution is -2.31.